The maximum Gasteiger partial charge on any atom is 0.165 e. The minimum Gasteiger partial charge on any atom is -0.491 e. The number of Topliss-reactive ketones (excluding diaryl/α,β-unsaturated/α-hetero) is 1. The summed E-state index contributed by atoms with van der Waals surface area (Å²) in [5, 5.41) is 0. The van der Waals surface area contributed by atoms with Crippen molar-refractivity contribution in [1.29, 1.82) is 0 Å². The number of carbonyl (C=O) groups is 1. The molecule has 0 aliphatic carbocycles. The predicted molar refractivity (Wildman–Crippen MR) is 86.1 cm³/mol. The molecule has 0 spiro atoms. The normalized spacial score (nSPS) is 12.1. The molecule has 21 heavy (non-hydrogen) atoms. The van der Waals surface area contributed by atoms with Crippen LogP contribution in [0.1, 0.15) is 56.8 Å². The van der Waals surface area contributed by atoms with Gasteiger partial charge >= 0.3 is 0 Å². The van der Waals surface area contributed by atoms with Gasteiger partial charge < -0.3 is 9.47 Å². The SMILES string of the molecule is CCCCC(CC)C(=O)c1ccc(OCCOCC)cc1. The molecule has 3 heteroatoms. The van der Waals surface area contributed by atoms with Gasteiger partial charge in [0, 0.05) is 18.1 Å². The second-order valence-corrected chi connectivity index (χ2v) is 5.18. The molecule has 0 saturated carbocycles. The summed E-state index contributed by atoms with van der Waals surface area (Å²) < 4.78 is 10.8. The van der Waals surface area contributed by atoms with Crippen LogP contribution in [0.5, 0.6) is 5.75 Å². The lowest BCUT2D eigenvalue weighted by molar-refractivity contribution is 0.0908. The Balaban J connectivity index is 2.53. The minimum atomic E-state index is 0.148. The first-order valence-corrected chi connectivity index (χ1v) is 8.07. The van der Waals surface area contributed by atoms with E-state index < -0.39 is 0 Å². The van der Waals surface area contributed by atoms with Gasteiger partial charge in [-0.2, -0.15) is 0 Å². The number of unbranched alkanes of at least 4 members (excludes halogenated alkanes) is 1. The highest BCUT2D eigenvalue weighted by Crippen LogP contribution is 2.20. The summed E-state index contributed by atoms with van der Waals surface area (Å²) in [5.74, 6) is 1.19. The molecule has 0 N–H and O–H groups in total. The van der Waals surface area contributed by atoms with Gasteiger partial charge in [0.15, 0.2) is 5.78 Å². The van der Waals surface area contributed by atoms with Crippen LogP contribution in [0.25, 0.3) is 0 Å². The lowest BCUT2D eigenvalue weighted by Crippen LogP contribution is -2.14. The van der Waals surface area contributed by atoms with Crippen molar-refractivity contribution in [2.45, 2.75) is 46.5 Å². The van der Waals surface area contributed by atoms with E-state index in [0.29, 0.717) is 19.8 Å². The topological polar surface area (TPSA) is 35.5 Å². The third-order valence-corrected chi connectivity index (χ3v) is 3.61. The Bertz CT molecular complexity index is 397. The van der Waals surface area contributed by atoms with Crippen LogP contribution in [-0.2, 0) is 4.74 Å². The highest BCUT2D eigenvalue weighted by atomic mass is 16.5. The monoisotopic (exact) mass is 292 g/mol. The highest BCUT2D eigenvalue weighted by molar-refractivity contribution is 5.97. The minimum absolute atomic E-state index is 0.148. The zero-order valence-electron chi connectivity index (χ0n) is 13.6. The number of carbonyl (C=O) groups excluding carboxylic acids is 1. The Labute approximate surface area is 128 Å². The Morgan fingerprint density at radius 3 is 2.38 bits per heavy atom. The molecule has 0 heterocycles. The van der Waals surface area contributed by atoms with Gasteiger partial charge in [0.1, 0.15) is 12.4 Å². The van der Waals surface area contributed by atoms with Crippen molar-refractivity contribution in [3.05, 3.63) is 29.8 Å². The van der Waals surface area contributed by atoms with E-state index in [0.717, 1.165) is 37.0 Å². The molecule has 0 fully saturated rings. The average Bonchev–Trinajstić information content (AvgIpc) is 2.52. The summed E-state index contributed by atoms with van der Waals surface area (Å²) in [5.41, 5.74) is 0.787. The smallest absolute Gasteiger partial charge is 0.165 e. The van der Waals surface area contributed by atoms with Crippen molar-refractivity contribution in [2.24, 2.45) is 5.92 Å². The number of rotatable bonds is 11. The lowest BCUT2D eigenvalue weighted by Gasteiger charge is -2.13. The van der Waals surface area contributed by atoms with Crippen molar-refractivity contribution >= 4 is 5.78 Å². The van der Waals surface area contributed by atoms with E-state index in [-0.39, 0.29) is 11.7 Å². The average molecular weight is 292 g/mol. The summed E-state index contributed by atoms with van der Waals surface area (Å²) in [6.07, 6.45) is 4.14. The van der Waals surface area contributed by atoms with E-state index in [1.807, 2.05) is 31.2 Å². The van der Waals surface area contributed by atoms with Crippen LogP contribution < -0.4 is 4.74 Å². The maximum absolute atomic E-state index is 12.4. The Kier molecular flexibility index (Phi) is 8.76. The first-order chi connectivity index (χ1) is 10.2. The van der Waals surface area contributed by atoms with E-state index in [9.17, 15) is 4.79 Å². The van der Waals surface area contributed by atoms with Gasteiger partial charge in [-0.3, -0.25) is 4.79 Å². The molecule has 1 aromatic carbocycles. The molecule has 0 bridgehead atoms. The number of hydrogen-bond donors (Lipinski definition) is 0. The van der Waals surface area contributed by atoms with Gasteiger partial charge in [0.2, 0.25) is 0 Å². The maximum atomic E-state index is 12.4. The zero-order chi connectivity index (χ0) is 15.5. The number of ketones is 1. The summed E-state index contributed by atoms with van der Waals surface area (Å²) in [6, 6.07) is 7.47. The van der Waals surface area contributed by atoms with Crippen LogP contribution >= 0.6 is 0 Å². The molecular weight excluding hydrogens is 264 g/mol. The molecule has 1 unspecified atom stereocenters. The standard InChI is InChI=1S/C18H28O3/c1-4-7-8-15(5-2)18(19)16-9-11-17(12-10-16)21-14-13-20-6-3/h9-12,15H,4-8,13-14H2,1-3H3. The van der Waals surface area contributed by atoms with E-state index >= 15 is 0 Å². The molecule has 0 amide bonds. The number of hydrogen-bond acceptors (Lipinski definition) is 3. The van der Waals surface area contributed by atoms with Crippen molar-refractivity contribution in [3.8, 4) is 5.75 Å². The predicted octanol–water partition coefficient (Wildman–Crippen LogP) is 4.50. The molecule has 0 radical (unpaired) electrons. The fraction of sp³-hybridized carbons (Fsp3) is 0.611. The van der Waals surface area contributed by atoms with Crippen LogP contribution in [0, 0.1) is 5.92 Å². The summed E-state index contributed by atoms with van der Waals surface area (Å²) in [6.45, 7) is 8.03. The van der Waals surface area contributed by atoms with Gasteiger partial charge in [0.25, 0.3) is 0 Å². The van der Waals surface area contributed by atoms with E-state index in [1.54, 1.807) is 0 Å². The molecule has 0 aliphatic rings. The molecule has 3 nitrogen and oxygen atoms in total. The molecule has 118 valence electrons. The molecule has 1 atom stereocenters. The number of ether oxygens (including phenoxy) is 2. The fourth-order valence-electron chi connectivity index (χ4n) is 2.29. The summed E-state index contributed by atoms with van der Waals surface area (Å²) in [4.78, 5) is 12.4. The molecule has 1 aromatic rings. The molecular formula is C18H28O3. The first kappa shape index (κ1) is 17.7. The first-order valence-electron chi connectivity index (χ1n) is 8.07. The van der Waals surface area contributed by atoms with Crippen LogP contribution in [-0.4, -0.2) is 25.6 Å². The van der Waals surface area contributed by atoms with Crippen LogP contribution in [0.15, 0.2) is 24.3 Å². The second kappa shape index (κ2) is 10.4. The van der Waals surface area contributed by atoms with Crippen molar-refractivity contribution in [1.82, 2.24) is 0 Å². The van der Waals surface area contributed by atoms with Crippen LogP contribution in [0.4, 0.5) is 0 Å². The molecule has 0 aromatic heterocycles. The quantitative estimate of drug-likeness (QED) is 0.445. The van der Waals surface area contributed by atoms with Gasteiger partial charge in [-0.05, 0) is 44.0 Å². The summed E-state index contributed by atoms with van der Waals surface area (Å²) >= 11 is 0. The van der Waals surface area contributed by atoms with Crippen LogP contribution in [0.3, 0.4) is 0 Å². The second-order valence-electron chi connectivity index (χ2n) is 5.18. The van der Waals surface area contributed by atoms with Crippen molar-refractivity contribution in [2.75, 3.05) is 19.8 Å². The summed E-state index contributed by atoms with van der Waals surface area (Å²) in [7, 11) is 0. The van der Waals surface area contributed by atoms with Crippen LogP contribution in [0.2, 0.25) is 0 Å². The van der Waals surface area contributed by atoms with Gasteiger partial charge in [-0.15, -0.1) is 0 Å². The van der Waals surface area contributed by atoms with Gasteiger partial charge in [-0.25, -0.2) is 0 Å². The Hall–Kier alpha value is -1.35. The Morgan fingerprint density at radius 2 is 1.81 bits per heavy atom. The van der Waals surface area contributed by atoms with E-state index in [4.69, 9.17) is 9.47 Å². The molecule has 0 saturated heterocycles. The number of benzene rings is 1. The lowest BCUT2D eigenvalue weighted by atomic mass is 9.91. The third kappa shape index (κ3) is 6.30. The highest BCUT2D eigenvalue weighted by Gasteiger charge is 2.17. The molecule has 0 aliphatic heterocycles. The van der Waals surface area contributed by atoms with E-state index in [2.05, 4.69) is 13.8 Å². The Morgan fingerprint density at radius 1 is 1.10 bits per heavy atom. The van der Waals surface area contributed by atoms with Gasteiger partial charge in [-0.1, -0.05) is 26.7 Å². The third-order valence-electron chi connectivity index (χ3n) is 3.61. The van der Waals surface area contributed by atoms with Gasteiger partial charge in [0.05, 0.1) is 6.61 Å². The largest absolute Gasteiger partial charge is 0.491 e. The zero-order valence-corrected chi connectivity index (χ0v) is 13.6. The van der Waals surface area contributed by atoms with Crippen molar-refractivity contribution < 1.29 is 14.3 Å². The molecule has 1 rings (SSSR count). The fourth-order valence-corrected chi connectivity index (χ4v) is 2.29. The van der Waals surface area contributed by atoms with E-state index in [1.165, 1.54) is 0 Å². The van der Waals surface area contributed by atoms with Crippen molar-refractivity contribution in [3.63, 3.8) is 0 Å².